The lowest BCUT2D eigenvalue weighted by Crippen LogP contribution is -2.14. The summed E-state index contributed by atoms with van der Waals surface area (Å²) in [5.74, 6) is 0. The molecule has 0 fully saturated rings. The summed E-state index contributed by atoms with van der Waals surface area (Å²) in [6, 6.07) is 9.91. The molecule has 0 aliphatic carbocycles. The summed E-state index contributed by atoms with van der Waals surface area (Å²) in [7, 11) is -1.80. The standard InChI is InChI=1S/C13H15N3O2S/c1-10-13(4-3-9-15-10)16-19(17,18)12-7-5-11(14-2)6-8-12/h3-9,14,16H,1-2H3. The summed E-state index contributed by atoms with van der Waals surface area (Å²) >= 11 is 0. The van der Waals surface area contributed by atoms with Gasteiger partial charge in [-0.3, -0.25) is 9.71 Å². The average molecular weight is 277 g/mol. The predicted molar refractivity (Wildman–Crippen MR) is 75.8 cm³/mol. The van der Waals surface area contributed by atoms with Gasteiger partial charge >= 0.3 is 0 Å². The van der Waals surface area contributed by atoms with Gasteiger partial charge in [0.25, 0.3) is 10.0 Å². The van der Waals surface area contributed by atoms with Gasteiger partial charge in [-0.15, -0.1) is 0 Å². The molecule has 6 heteroatoms. The third kappa shape index (κ3) is 3.03. The Morgan fingerprint density at radius 3 is 2.37 bits per heavy atom. The topological polar surface area (TPSA) is 71.1 Å². The summed E-state index contributed by atoms with van der Waals surface area (Å²) in [4.78, 5) is 4.26. The van der Waals surface area contributed by atoms with Crippen LogP contribution in [0.4, 0.5) is 11.4 Å². The molecule has 0 aliphatic rings. The van der Waals surface area contributed by atoms with Gasteiger partial charge in [0.15, 0.2) is 0 Å². The molecule has 0 bridgehead atoms. The first kappa shape index (κ1) is 13.4. The van der Waals surface area contributed by atoms with Crippen molar-refractivity contribution in [2.24, 2.45) is 0 Å². The van der Waals surface area contributed by atoms with Crippen LogP contribution in [-0.4, -0.2) is 20.4 Å². The van der Waals surface area contributed by atoms with E-state index in [1.165, 1.54) is 0 Å². The largest absolute Gasteiger partial charge is 0.388 e. The second-order valence-electron chi connectivity index (χ2n) is 4.02. The minimum absolute atomic E-state index is 0.217. The Kier molecular flexibility index (Phi) is 3.71. The molecule has 0 aliphatic heterocycles. The van der Waals surface area contributed by atoms with Crippen molar-refractivity contribution in [3.63, 3.8) is 0 Å². The highest BCUT2D eigenvalue weighted by molar-refractivity contribution is 7.92. The molecule has 100 valence electrons. The van der Waals surface area contributed by atoms with Gasteiger partial charge in [0, 0.05) is 18.9 Å². The first-order chi connectivity index (χ1) is 9.03. The lowest BCUT2D eigenvalue weighted by atomic mass is 10.3. The van der Waals surface area contributed by atoms with Crippen molar-refractivity contribution in [2.45, 2.75) is 11.8 Å². The highest BCUT2D eigenvalue weighted by Gasteiger charge is 2.15. The quantitative estimate of drug-likeness (QED) is 0.899. The Bertz CT molecular complexity index is 667. The predicted octanol–water partition coefficient (Wildman–Crippen LogP) is 2.23. The minimum Gasteiger partial charge on any atom is -0.388 e. The fourth-order valence-corrected chi connectivity index (χ4v) is 2.71. The van der Waals surface area contributed by atoms with Crippen LogP contribution in [0.25, 0.3) is 0 Å². The summed E-state index contributed by atoms with van der Waals surface area (Å²) in [6.07, 6.45) is 1.62. The second-order valence-corrected chi connectivity index (χ2v) is 5.70. The SMILES string of the molecule is CNc1ccc(S(=O)(=O)Nc2cccnc2C)cc1. The molecule has 1 heterocycles. The Hall–Kier alpha value is -2.08. The van der Waals surface area contributed by atoms with Gasteiger partial charge in [0.1, 0.15) is 0 Å². The number of sulfonamides is 1. The van der Waals surface area contributed by atoms with Crippen LogP contribution >= 0.6 is 0 Å². The number of benzene rings is 1. The highest BCUT2D eigenvalue weighted by Crippen LogP contribution is 2.19. The van der Waals surface area contributed by atoms with Crippen molar-refractivity contribution in [1.29, 1.82) is 0 Å². The van der Waals surface area contributed by atoms with Crippen molar-refractivity contribution in [3.05, 3.63) is 48.3 Å². The number of aryl methyl sites for hydroxylation is 1. The molecule has 1 aromatic carbocycles. The van der Waals surface area contributed by atoms with Crippen LogP contribution in [0, 0.1) is 6.92 Å². The van der Waals surface area contributed by atoms with Gasteiger partial charge in [-0.25, -0.2) is 8.42 Å². The molecule has 2 aromatic rings. The zero-order chi connectivity index (χ0) is 13.9. The molecule has 0 atom stereocenters. The smallest absolute Gasteiger partial charge is 0.261 e. The number of nitrogens with one attached hydrogen (secondary N) is 2. The maximum atomic E-state index is 12.2. The molecule has 0 amide bonds. The summed E-state index contributed by atoms with van der Waals surface area (Å²) < 4.78 is 26.9. The summed E-state index contributed by atoms with van der Waals surface area (Å²) in [5.41, 5.74) is 1.98. The van der Waals surface area contributed by atoms with E-state index in [2.05, 4.69) is 15.0 Å². The Balaban J connectivity index is 2.30. The number of nitrogens with zero attached hydrogens (tertiary/aromatic N) is 1. The van der Waals surface area contributed by atoms with Crippen molar-refractivity contribution in [2.75, 3.05) is 17.1 Å². The number of aromatic nitrogens is 1. The van der Waals surface area contributed by atoms with E-state index in [1.54, 1.807) is 56.6 Å². The number of pyridine rings is 1. The second kappa shape index (κ2) is 5.27. The van der Waals surface area contributed by atoms with E-state index >= 15 is 0 Å². The zero-order valence-electron chi connectivity index (χ0n) is 10.7. The van der Waals surface area contributed by atoms with Crippen LogP contribution in [0.1, 0.15) is 5.69 Å². The number of hydrogen-bond donors (Lipinski definition) is 2. The van der Waals surface area contributed by atoms with Crippen molar-refractivity contribution >= 4 is 21.4 Å². The molecule has 1 aromatic heterocycles. The molecule has 19 heavy (non-hydrogen) atoms. The van der Waals surface area contributed by atoms with Gasteiger partial charge in [-0.1, -0.05) is 0 Å². The van der Waals surface area contributed by atoms with E-state index in [0.29, 0.717) is 11.4 Å². The van der Waals surface area contributed by atoms with Gasteiger partial charge in [0.2, 0.25) is 0 Å². The molecule has 0 saturated carbocycles. The van der Waals surface area contributed by atoms with Crippen molar-refractivity contribution in [1.82, 2.24) is 4.98 Å². The van der Waals surface area contributed by atoms with E-state index in [9.17, 15) is 8.42 Å². The van der Waals surface area contributed by atoms with Crippen LogP contribution in [0.5, 0.6) is 0 Å². The molecule has 0 radical (unpaired) electrons. The van der Waals surface area contributed by atoms with Gasteiger partial charge in [-0.05, 0) is 43.3 Å². The van der Waals surface area contributed by atoms with Gasteiger partial charge in [-0.2, -0.15) is 0 Å². The fraction of sp³-hybridized carbons (Fsp3) is 0.154. The molecule has 0 saturated heterocycles. The normalized spacial score (nSPS) is 11.1. The minimum atomic E-state index is -3.58. The Morgan fingerprint density at radius 2 is 1.79 bits per heavy atom. The molecular weight excluding hydrogens is 262 g/mol. The van der Waals surface area contributed by atoms with E-state index in [4.69, 9.17) is 0 Å². The third-order valence-electron chi connectivity index (χ3n) is 2.70. The molecule has 2 rings (SSSR count). The summed E-state index contributed by atoms with van der Waals surface area (Å²) in [5, 5.41) is 2.94. The van der Waals surface area contributed by atoms with Crippen molar-refractivity contribution < 1.29 is 8.42 Å². The zero-order valence-corrected chi connectivity index (χ0v) is 11.5. The van der Waals surface area contributed by atoms with E-state index in [0.717, 1.165) is 5.69 Å². The van der Waals surface area contributed by atoms with E-state index < -0.39 is 10.0 Å². The van der Waals surface area contributed by atoms with Gasteiger partial charge < -0.3 is 5.32 Å². The molecular formula is C13H15N3O2S. The number of anilines is 2. The monoisotopic (exact) mass is 277 g/mol. The maximum Gasteiger partial charge on any atom is 0.261 e. The lowest BCUT2D eigenvalue weighted by Gasteiger charge is -2.10. The molecule has 2 N–H and O–H groups in total. The van der Waals surface area contributed by atoms with Crippen LogP contribution in [-0.2, 0) is 10.0 Å². The fourth-order valence-electron chi connectivity index (χ4n) is 1.60. The average Bonchev–Trinajstić information content (AvgIpc) is 2.41. The Morgan fingerprint density at radius 1 is 1.11 bits per heavy atom. The van der Waals surface area contributed by atoms with Crippen LogP contribution in [0.2, 0.25) is 0 Å². The molecule has 0 spiro atoms. The first-order valence-electron chi connectivity index (χ1n) is 5.75. The van der Waals surface area contributed by atoms with Crippen LogP contribution < -0.4 is 10.0 Å². The number of hydrogen-bond acceptors (Lipinski definition) is 4. The lowest BCUT2D eigenvalue weighted by molar-refractivity contribution is 0.601. The van der Waals surface area contributed by atoms with Gasteiger partial charge in [0.05, 0.1) is 16.3 Å². The molecule has 0 unspecified atom stereocenters. The first-order valence-corrected chi connectivity index (χ1v) is 7.23. The van der Waals surface area contributed by atoms with Crippen LogP contribution in [0.15, 0.2) is 47.5 Å². The van der Waals surface area contributed by atoms with E-state index in [1.807, 2.05) is 0 Å². The number of rotatable bonds is 4. The third-order valence-corrected chi connectivity index (χ3v) is 4.09. The Labute approximate surface area is 112 Å². The van der Waals surface area contributed by atoms with E-state index in [-0.39, 0.29) is 4.90 Å². The van der Waals surface area contributed by atoms with Crippen LogP contribution in [0.3, 0.4) is 0 Å². The molecule has 5 nitrogen and oxygen atoms in total. The van der Waals surface area contributed by atoms with Crippen molar-refractivity contribution in [3.8, 4) is 0 Å². The summed E-state index contributed by atoms with van der Waals surface area (Å²) in [6.45, 7) is 1.75. The maximum absolute atomic E-state index is 12.2. The highest BCUT2D eigenvalue weighted by atomic mass is 32.2.